The number of aliphatic hydroxyl groups excluding tert-OH is 1. The van der Waals surface area contributed by atoms with Crippen molar-refractivity contribution in [1.82, 2.24) is 4.90 Å². The number of rotatable bonds is 7. The second-order valence-corrected chi connectivity index (χ2v) is 8.59. The highest BCUT2D eigenvalue weighted by Crippen LogP contribution is 2.38. The Morgan fingerprint density at radius 3 is 2.63 bits per heavy atom. The van der Waals surface area contributed by atoms with Crippen LogP contribution in [0.4, 0.5) is 5.69 Å². The molecule has 1 amide bonds. The van der Waals surface area contributed by atoms with Gasteiger partial charge in [0.05, 0.1) is 0 Å². The summed E-state index contributed by atoms with van der Waals surface area (Å²) in [7, 11) is 0. The Bertz CT molecular complexity index is 605. The fourth-order valence-corrected chi connectivity index (χ4v) is 4.63. The molecule has 1 saturated carbocycles. The molecule has 5 heteroatoms. The van der Waals surface area contributed by atoms with Crippen LogP contribution in [0, 0.1) is 11.3 Å². The molecule has 3 rings (SSSR count). The first-order valence-electron chi connectivity index (χ1n) is 10.5. The number of nitrogens with one attached hydrogen (secondary N) is 1. The molecule has 1 aliphatic heterocycles. The van der Waals surface area contributed by atoms with E-state index in [1.165, 1.54) is 24.8 Å². The summed E-state index contributed by atoms with van der Waals surface area (Å²) in [6.07, 6.45) is 8.44. The lowest BCUT2D eigenvalue weighted by Crippen LogP contribution is -2.36. The van der Waals surface area contributed by atoms with Crippen LogP contribution < -0.4 is 11.1 Å². The first kappa shape index (κ1) is 20.3. The molecule has 2 fully saturated rings. The Hall–Kier alpha value is -1.43. The number of nitrogens with zero attached hydrogens (tertiary/aromatic N) is 1. The van der Waals surface area contributed by atoms with Crippen molar-refractivity contribution in [2.45, 2.75) is 57.9 Å². The smallest absolute Gasteiger partial charge is 0.224 e. The van der Waals surface area contributed by atoms with Crippen molar-refractivity contribution >= 4 is 11.6 Å². The van der Waals surface area contributed by atoms with E-state index in [0.717, 1.165) is 51.0 Å². The highest BCUT2D eigenvalue weighted by atomic mass is 16.3. The van der Waals surface area contributed by atoms with Gasteiger partial charge >= 0.3 is 0 Å². The largest absolute Gasteiger partial charge is 0.396 e. The van der Waals surface area contributed by atoms with E-state index in [9.17, 15) is 9.90 Å². The zero-order chi connectivity index (χ0) is 19.1. The van der Waals surface area contributed by atoms with Crippen molar-refractivity contribution in [3.63, 3.8) is 0 Å². The molecule has 0 unspecified atom stereocenters. The molecule has 0 atom stereocenters. The highest BCUT2D eigenvalue weighted by Gasteiger charge is 2.33. The van der Waals surface area contributed by atoms with Gasteiger partial charge in [-0.3, -0.25) is 9.69 Å². The van der Waals surface area contributed by atoms with E-state index < -0.39 is 0 Å². The van der Waals surface area contributed by atoms with Gasteiger partial charge in [0.2, 0.25) is 5.91 Å². The van der Waals surface area contributed by atoms with E-state index >= 15 is 0 Å². The summed E-state index contributed by atoms with van der Waals surface area (Å²) in [6.45, 7) is 3.86. The van der Waals surface area contributed by atoms with E-state index in [4.69, 9.17) is 5.73 Å². The zero-order valence-electron chi connectivity index (χ0n) is 16.5. The third kappa shape index (κ3) is 5.77. The lowest BCUT2D eigenvalue weighted by Gasteiger charge is -2.35. The van der Waals surface area contributed by atoms with E-state index in [1.807, 2.05) is 12.1 Å². The number of aliphatic hydroxyl groups is 1. The molecule has 4 N–H and O–H groups in total. The van der Waals surface area contributed by atoms with Gasteiger partial charge in [0.15, 0.2) is 0 Å². The monoisotopic (exact) mass is 373 g/mol. The summed E-state index contributed by atoms with van der Waals surface area (Å²) in [5.41, 5.74) is 8.13. The summed E-state index contributed by atoms with van der Waals surface area (Å²) < 4.78 is 0. The van der Waals surface area contributed by atoms with Crippen LogP contribution in [0.1, 0.15) is 56.9 Å². The molecular formula is C22H35N3O2. The number of likely N-dealkylation sites (tertiary alicyclic amines) is 1. The first-order chi connectivity index (χ1) is 13.1. The number of nitrogens with two attached hydrogens (primary N) is 1. The maximum atomic E-state index is 12.6. The molecule has 150 valence electrons. The van der Waals surface area contributed by atoms with Crippen LogP contribution >= 0.6 is 0 Å². The van der Waals surface area contributed by atoms with Crippen LogP contribution in [-0.2, 0) is 11.3 Å². The van der Waals surface area contributed by atoms with Gasteiger partial charge in [-0.15, -0.1) is 0 Å². The van der Waals surface area contributed by atoms with Crippen LogP contribution in [0.5, 0.6) is 0 Å². The number of anilines is 1. The van der Waals surface area contributed by atoms with E-state index in [1.54, 1.807) is 0 Å². The molecular weight excluding hydrogens is 338 g/mol. The molecule has 0 aromatic heterocycles. The molecule has 0 radical (unpaired) electrons. The van der Waals surface area contributed by atoms with Crippen LogP contribution in [-0.4, -0.2) is 42.2 Å². The molecule has 1 saturated heterocycles. The Morgan fingerprint density at radius 2 is 1.96 bits per heavy atom. The quantitative estimate of drug-likeness (QED) is 0.686. The number of hydrogen-bond acceptors (Lipinski definition) is 4. The normalized spacial score (nSPS) is 21.1. The second-order valence-electron chi connectivity index (χ2n) is 8.59. The minimum Gasteiger partial charge on any atom is -0.396 e. The molecule has 1 aromatic rings. The maximum absolute atomic E-state index is 12.6. The summed E-state index contributed by atoms with van der Waals surface area (Å²) in [4.78, 5) is 15.0. The van der Waals surface area contributed by atoms with Crippen LogP contribution in [0.2, 0.25) is 0 Å². The van der Waals surface area contributed by atoms with E-state index in [2.05, 4.69) is 22.3 Å². The van der Waals surface area contributed by atoms with Gasteiger partial charge in [-0.25, -0.2) is 0 Å². The van der Waals surface area contributed by atoms with E-state index in [0.29, 0.717) is 25.5 Å². The van der Waals surface area contributed by atoms with Gasteiger partial charge < -0.3 is 16.2 Å². The fraction of sp³-hybridized carbons (Fsp3) is 0.682. The number of carbonyl (C=O) groups excluding carboxylic acids is 1. The number of hydrogen-bond donors (Lipinski definition) is 3. The average Bonchev–Trinajstić information content (AvgIpc) is 2.69. The maximum Gasteiger partial charge on any atom is 0.224 e. The Balaban J connectivity index is 1.53. The van der Waals surface area contributed by atoms with Crippen molar-refractivity contribution in [1.29, 1.82) is 0 Å². The molecule has 0 bridgehead atoms. The SMILES string of the molecule is NCC1(CC(=O)Nc2cccc(CN3CCC(CO)CC3)c2)CCCCC1. The molecule has 5 nitrogen and oxygen atoms in total. The summed E-state index contributed by atoms with van der Waals surface area (Å²) in [5, 5.41) is 12.4. The Labute approximate surface area is 163 Å². The van der Waals surface area contributed by atoms with E-state index in [-0.39, 0.29) is 11.3 Å². The standard InChI is InChI=1S/C22H35N3O2/c23-17-22(9-2-1-3-10-22)14-21(27)24-20-6-4-5-19(13-20)15-25-11-7-18(16-26)8-12-25/h4-6,13,18,26H,1-3,7-12,14-17,23H2,(H,24,27). The van der Waals surface area contributed by atoms with Crippen molar-refractivity contribution < 1.29 is 9.90 Å². The fourth-order valence-electron chi connectivity index (χ4n) is 4.63. The molecule has 27 heavy (non-hydrogen) atoms. The molecule has 2 aliphatic rings. The second kappa shape index (κ2) is 9.67. The van der Waals surface area contributed by atoms with Crippen LogP contribution in [0.3, 0.4) is 0 Å². The Morgan fingerprint density at radius 1 is 1.22 bits per heavy atom. The first-order valence-corrected chi connectivity index (χ1v) is 10.5. The van der Waals surface area contributed by atoms with Gasteiger partial charge in [0.1, 0.15) is 0 Å². The van der Waals surface area contributed by atoms with Crippen molar-refractivity contribution in [3.05, 3.63) is 29.8 Å². The molecule has 1 aromatic carbocycles. The van der Waals surface area contributed by atoms with Crippen LogP contribution in [0.15, 0.2) is 24.3 Å². The van der Waals surface area contributed by atoms with Crippen molar-refractivity contribution in [2.24, 2.45) is 17.1 Å². The predicted molar refractivity (Wildman–Crippen MR) is 109 cm³/mol. The number of amides is 1. The minimum absolute atomic E-state index is 0.00298. The van der Waals surface area contributed by atoms with Gasteiger partial charge in [-0.1, -0.05) is 31.4 Å². The highest BCUT2D eigenvalue weighted by molar-refractivity contribution is 5.91. The third-order valence-corrected chi connectivity index (χ3v) is 6.47. The molecule has 1 aliphatic carbocycles. The van der Waals surface area contributed by atoms with Gasteiger partial charge in [-0.05, 0) is 74.3 Å². The summed E-state index contributed by atoms with van der Waals surface area (Å²) in [5.74, 6) is 0.546. The van der Waals surface area contributed by atoms with Gasteiger partial charge in [0.25, 0.3) is 0 Å². The minimum atomic E-state index is -0.00298. The number of piperidine rings is 1. The third-order valence-electron chi connectivity index (χ3n) is 6.47. The Kier molecular flexibility index (Phi) is 7.27. The number of benzene rings is 1. The van der Waals surface area contributed by atoms with Gasteiger partial charge in [0, 0.05) is 25.3 Å². The molecule has 0 spiro atoms. The summed E-state index contributed by atoms with van der Waals surface area (Å²) in [6, 6.07) is 8.20. The molecule has 1 heterocycles. The lowest BCUT2D eigenvalue weighted by atomic mass is 9.71. The van der Waals surface area contributed by atoms with Crippen LogP contribution in [0.25, 0.3) is 0 Å². The zero-order valence-corrected chi connectivity index (χ0v) is 16.5. The van der Waals surface area contributed by atoms with Crippen molar-refractivity contribution in [2.75, 3.05) is 31.6 Å². The lowest BCUT2D eigenvalue weighted by molar-refractivity contribution is -0.118. The topological polar surface area (TPSA) is 78.6 Å². The van der Waals surface area contributed by atoms with Gasteiger partial charge in [-0.2, -0.15) is 0 Å². The predicted octanol–water partition coefficient (Wildman–Crippen LogP) is 3.13. The average molecular weight is 374 g/mol. The summed E-state index contributed by atoms with van der Waals surface area (Å²) >= 11 is 0. The number of carbonyl (C=O) groups is 1. The van der Waals surface area contributed by atoms with Crippen molar-refractivity contribution in [3.8, 4) is 0 Å².